The summed E-state index contributed by atoms with van der Waals surface area (Å²) in [6.45, 7) is 3.61. The van der Waals surface area contributed by atoms with Crippen molar-refractivity contribution in [3.05, 3.63) is 24.0 Å². The van der Waals surface area contributed by atoms with Crippen LogP contribution in [0.1, 0.15) is 30.6 Å². The Bertz CT molecular complexity index is 434. The van der Waals surface area contributed by atoms with Gasteiger partial charge >= 0.3 is 5.97 Å². The molecule has 0 bridgehead atoms. The van der Waals surface area contributed by atoms with Gasteiger partial charge in [0.25, 0.3) is 5.91 Å². The number of carbonyl (C=O) groups is 2. The topological polar surface area (TPSA) is 88.5 Å². The highest BCUT2D eigenvalue weighted by atomic mass is 16.5. The van der Waals surface area contributed by atoms with Crippen LogP contribution in [-0.2, 0) is 4.79 Å². The van der Waals surface area contributed by atoms with Crippen molar-refractivity contribution < 1.29 is 19.4 Å². The molecule has 1 rings (SSSR count). The van der Waals surface area contributed by atoms with Gasteiger partial charge in [0.15, 0.2) is 12.4 Å². The van der Waals surface area contributed by atoms with Crippen LogP contribution in [0, 0.1) is 0 Å². The van der Waals surface area contributed by atoms with E-state index in [1.54, 1.807) is 0 Å². The van der Waals surface area contributed by atoms with Crippen molar-refractivity contribution in [1.29, 1.82) is 0 Å². The average molecular weight is 252 g/mol. The number of pyridine rings is 1. The lowest BCUT2D eigenvalue weighted by molar-refractivity contribution is -0.123. The number of carbonyl (C=O) groups excluding carboxylic acids is 1. The Hall–Kier alpha value is -2.11. The molecule has 6 nitrogen and oxygen atoms in total. The summed E-state index contributed by atoms with van der Waals surface area (Å²) >= 11 is 0. The summed E-state index contributed by atoms with van der Waals surface area (Å²) in [4.78, 5) is 26.1. The molecule has 1 aromatic rings. The molecule has 0 aliphatic rings. The van der Waals surface area contributed by atoms with Gasteiger partial charge in [0, 0.05) is 12.2 Å². The second kappa shape index (κ2) is 6.58. The van der Waals surface area contributed by atoms with E-state index in [1.165, 1.54) is 18.5 Å². The standard InChI is InChI=1S/C12H16N2O4/c1-3-8(2)14-11(15)7-18-10-6-13-5-4-9(10)12(16)17/h4-6,8H,3,7H2,1-2H3,(H,14,15)(H,16,17). The number of aromatic nitrogens is 1. The number of nitrogens with one attached hydrogen (secondary N) is 1. The maximum absolute atomic E-state index is 11.5. The minimum absolute atomic E-state index is 0.0126. The van der Waals surface area contributed by atoms with Crippen LogP contribution in [0.3, 0.4) is 0 Å². The number of carboxylic acids is 1. The van der Waals surface area contributed by atoms with Crippen LogP contribution in [0.15, 0.2) is 18.5 Å². The predicted octanol–water partition coefficient (Wildman–Crippen LogP) is 1.07. The van der Waals surface area contributed by atoms with Crippen molar-refractivity contribution in [2.45, 2.75) is 26.3 Å². The monoisotopic (exact) mass is 252 g/mol. The van der Waals surface area contributed by atoms with Gasteiger partial charge in [0.2, 0.25) is 0 Å². The van der Waals surface area contributed by atoms with E-state index in [0.29, 0.717) is 0 Å². The van der Waals surface area contributed by atoms with Crippen molar-refractivity contribution in [3.63, 3.8) is 0 Å². The smallest absolute Gasteiger partial charge is 0.339 e. The van der Waals surface area contributed by atoms with Gasteiger partial charge in [-0.25, -0.2) is 4.79 Å². The third kappa shape index (κ3) is 4.04. The molecule has 0 aliphatic carbocycles. The molecule has 2 N–H and O–H groups in total. The van der Waals surface area contributed by atoms with E-state index < -0.39 is 5.97 Å². The van der Waals surface area contributed by atoms with Crippen LogP contribution in [0.25, 0.3) is 0 Å². The van der Waals surface area contributed by atoms with E-state index in [2.05, 4.69) is 10.3 Å². The number of aromatic carboxylic acids is 1. The fraction of sp³-hybridized carbons (Fsp3) is 0.417. The fourth-order valence-corrected chi connectivity index (χ4v) is 1.23. The van der Waals surface area contributed by atoms with E-state index >= 15 is 0 Å². The van der Waals surface area contributed by atoms with Crippen molar-refractivity contribution >= 4 is 11.9 Å². The van der Waals surface area contributed by atoms with Crippen LogP contribution in [0.2, 0.25) is 0 Å². The van der Waals surface area contributed by atoms with Crippen LogP contribution in [0.4, 0.5) is 0 Å². The molecule has 98 valence electrons. The molecule has 6 heteroatoms. The molecule has 0 fully saturated rings. The number of hydrogen-bond acceptors (Lipinski definition) is 4. The lowest BCUT2D eigenvalue weighted by Crippen LogP contribution is -2.35. The highest BCUT2D eigenvalue weighted by molar-refractivity contribution is 5.90. The first-order valence-electron chi connectivity index (χ1n) is 5.64. The van der Waals surface area contributed by atoms with Gasteiger partial charge in [-0.15, -0.1) is 0 Å². The molecule has 0 radical (unpaired) electrons. The Balaban J connectivity index is 2.58. The average Bonchev–Trinajstić information content (AvgIpc) is 2.36. The largest absolute Gasteiger partial charge is 0.481 e. The zero-order valence-corrected chi connectivity index (χ0v) is 10.3. The minimum Gasteiger partial charge on any atom is -0.481 e. The number of rotatable bonds is 6. The zero-order valence-electron chi connectivity index (χ0n) is 10.3. The molecular weight excluding hydrogens is 236 g/mol. The van der Waals surface area contributed by atoms with Gasteiger partial charge < -0.3 is 15.2 Å². The Kier molecular flexibility index (Phi) is 5.10. The minimum atomic E-state index is -1.12. The lowest BCUT2D eigenvalue weighted by atomic mass is 10.2. The molecule has 1 aromatic heterocycles. The van der Waals surface area contributed by atoms with E-state index in [9.17, 15) is 9.59 Å². The van der Waals surface area contributed by atoms with E-state index in [1.807, 2.05) is 13.8 Å². The van der Waals surface area contributed by atoms with Crippen LogP contribution >= 0.6 is 0 Å². The molecule has 0 saturated heterocycles. The van der Waals surface area contributed by atoms with E-state index in [-0.39, 0.29) is 29.9 Å². The van der Waals surface area contributed by atoms with Crippen molar-refractivity contribution in [3.8, 4) is 5.75 Å². The Morgan fingerprint density at radius 2 is 2.28 bits per heavy atom. The predicted molar refractivity (Wildman–Crippen MR) is 64.6 cm³/mol. The van der Waals surface area contributed by atoms with Gasteiger partial charge in [-0.1, -0.05) is 6.92 Å². The van der Waals surface area contributed by atoms with Crippen LogP contribution in [0.5, 0.6) is 5.75 Å². The molecule has 0 saturated carbocycles. The Morgan fingerprint density at radius 3 is 2.89 bits per heavy atom. The summed E-state index contributed by atoms with van der Waals surface area (Å²) in [5.41, 5.74) is -0.0126. The molecule has 18 heavy (non-hydrogen) atoms. The fourth-order valence-electron chi connectivity index (χ4n) is 1.23. The number of hydrogen-bond donors (Lipinski definition) is 2. The SMILES string of the molecule is CCC(C)NC(=O)COc1cnccc1C(=O)O. The van der Waals surface area contributed by atoms with Gasteiger partial charge in [-0.05, 0) is 19.4 Å². The van der Waals surface area contributed by atoms with Crippen molar-refractivity contribution in [2.24, 2.45) is 0 Å². The number of carboxylic acid groups (broad SMARTS) is 1. The first kappa shape index (κ1) is 14.0. The van der Waals surface area contributed by atoms with E-state index in [0.717, 1.165) is 6.42 Å². The Labute approximate surface area is 105 Å². The molecule has 1 amide bonds. The number of amides is 1. The molecule has 1 heterocycles. The molecule has 1 atom stereocenters. The summed E-state index contributed by atoms with van der Waals surface area (Å²) in [5, 5.41) is 11.6. The van der Waals surface area contributed by atoms with Crippen LogP contribution in [-0.4, -0.2) is 34.6 Å². The third-order valence-electron chi connectivity index (χ3n) is 2.39. The molecule has 0 aliphatic heterocycles. The summed E-state index contributed by atoms with van der Waals surface area (Å²) in [6, 6.07) is 1.39. The third-order valence-corrected chi connectivity index (χ3v) is 2.39. The van der Waals surface area contributed by atoms with Crippen LogP contribution < -0.4 is 10.1 Å². The molecular formula is C12H16N2O4. The van der Waals surface area contributed by atoms with Crippen molar-refractivity contribution in [1.82, 2.24) is 10.3 Å². The van der Waals surface area contributed by atoms with Gasteiger partial charge in [-0.2, -0.15) is 0 Å². The van der Waals surface area contributed by atoms with Crippen molar-refractivity contribution in [2.75, 3.05) is 6.61 Å². The summed E-state index contributed by atoms with van der Waals surface area (Å²) < 4.78 is 5.15. The molecule has 1 unspecified atom stereocenters. The van der Waals surface area contributed by atoms with E-state index in [4.69, 9.17) is 9.84 Å². The summed E-state index contributed by atoms with van der Waals surface area (Å²) in [6.07, 6.45) is 3.45. The number of nitrogens with zero attached hydrogens (tertiary/aromatic N) is 1. The maximum atomic E-state index is 11.5. The lowest BCUT2D eigenvalue weighted by Gasteiger charge is -2.12. The normalized spacial score (nSPS) is 11.7. The Morgan fingerprint density at radius 1 is 1.56 bits per heavy atom. The first-order chi connectivity index (χ1) is 8.54. The number of ether oxygens (including phenoxy) is 1. The highest BCUT2D eigenvalue weighted by Gasteiger charge is 2.12. The maximum Gasteiger partial charge on any atom is 0.339 e. The van der Waals surface area contributed by atoms with Gasteiger partial charge in [0.05, 0.1) is 6.20 Å². The summed E-state index contributed by atoms with van der Waals surface area (Å²) in [5.74, 6) is -1.32. The highest BCUT2D eigenvalue weighted by Crippen LogP contribution is 2.15. The first-order valence-corrected chi connectivity index (χ1v) is 5.64. The molecule has 0 aromatic carbocycles. The van der Waals surface area contributed by atoms with Gasteiger partial charge in [-0.3, -0.25) is 9.78 Å². The zero-order chi connectivity index (χ0) is 13.5. The quantitative estimate of drug-likeness (QED) is 0.790. The second-order valence-corrected chi connectivity index (χ2v) is 3.84. The summed E-state index contributed by atoms with van der Waals surface area (Å²) in [7, 11) is 0. The van der Waals surface area contributed by atoms with Gasteiger partial charge in [0.1, 0.15) is 5.56 Å². The second-order valence-electron chi connectivity index (χ2n) is 3.84. The molecule has 0 spiro atoms.